The number of hydrazone groups is 1. The molecule has 2 aromatic rings. The number of nitrogens with two attached hydrogens (primary N) is 1. The first-order valence-corrected chi connectivity index (χ1v) is 14.1. The molecule has 8 nitrogen and oxygen atoms in total. The summed E-state index contributed by atoms with van der Waals surface area (Å²) >= 11 is 2.06. The number of carbonyl (C=O) groups is 1. The van der Waals surface area contributed by atoms with E-state index in [2.05, 4.69) is 28.3 Å². The summed E-state index contributed by atoms with van der Waals surface area (Å²) < 4.78 is 6.13. The van der Waals surface area contributed by atoms with Gasteiger partial charge in [0, 0.05) is 17.8 Å². The van der Waals surface area contributed by atoms with Crippen molar-refractivity contribution >= 4 is 35.6 Å². The maximum absolute atomic E-state index is 12.1. The summed E-state index contributed by atoms with van der Waals surface area (Å²) in [6.45, 7) is 5.20. The molecular formula is C29H32N6O2S. The summed E-state index contributed by atoms with van der Waals surface area (Å²) in [5, 5.41) is 7.36. The standard InChI is InChI=1S/C29H32N6O2S/c1-2-24(36)34-15-13-29(14-16-34)18-21(12-17-38-29)35-28-25(27(30)31-19-32-28)26(33-35)20-8-10-23(11-9-20)37-22-6-4-3-5-7-22/h2-11,19,21,25,28H,1,12-18H2,(H2,30,31,32). The zero-order valence-electron chi connectivity index (χ0n) is 21.3. The number of aliphatic imine (C=N–C) groups is 2. The monoisotopic (exact) mass is 528 g/mol. The normalized spacial score (nSPS) is 25.9. The van der Waals surface area contributed by atoms with Gasteiger partial charge in [0.1, 0.15) is 29.6 Å². The molecule has 4 heterocycles. The Morgan fingerprint density at radius 3 is 2.58 bits per heavy atom. The van der Waals surface area contributed by atoms with E-state index in [1.807, 2.05) is 59.5 Å². The molecule has 0 saturated carbocycles. The van der Waals surface area contributed by atoms with E-state index < -0.39 is 0 Å². The number of piperidine rings is 1. The Hall–Kier alpha value is -3.59. The van der Waals surface area contributed by atoms with Gasteiger partial charge < -0.3 is 15.4 Å². The van der Waals surface area contributed by atoms with Gasteiger partial charge in [0.05, 0.1) is 11.8 Å². The van der Waals surface area contributed by atoms with Crippen molar-refractivity contribution in [1.82, 2.24) is 9.91 Å². The maximum atomic E-state index is 12.1. The number of amides is 1. The molecular weight excluding hydrogens is 496 g/mol. The van der Waals surface area contributed by atoms with E-state index in [-0.39, 0.29) is 28.8 Å². The second-order valence-electron chi connectivity index (χ2n) is 10.2. The van der Waals surface area contributed by atoms with Gasteiger partial charge in [0.15, 0.2) is 6.17 Å². The van der Waals surface area contributed by atoms with Crippen molar-refractivity contribution in [3.63, 3.8) is 0 Å². The van der Waals surface area contributed by atoms with Crippen molar-refractivity contribution in [3.05, 3.63) is 72.8 Å². The van der Waals surface area contributed by atoms with Crippen molar-refractivity contribution in [3.8, 4) is 11.5 Å². The molecule has 3 atom stereocenters. The second-order valence-corrected chi connectivity index (χ2v) is 11.8. The second kappa shape index (κ2) is 10.3. The molecule has 0 radical (unpaired) electrons. The molecule has 3 unspecified atom stereocenters. The van der Waals surface area contributed by atoms with Crippen LogP contribution in [0.15, 0.2) is 82.3 Å². The molecule has 2 fully saturated rings. The molecule has 4 aliphatic rings. The minimum Gasteiger partial charge on any atom is -0.457 e. The third-order valence-corrected chi connectivity index (χ3v) is 9.59. The summed E-state index contributed by atoms with van der Waals surface area (Å²) in [6, 6.07) is 18.0. The molecule has 196 valence electrons. The van der Waals surface area contributed by atoms with E-state index in [0.29, 0.717) is 5.84 Å². The third kappa shape index (κ3) is 4.71. The highest BCUT2D eigenvalue weighted by atomic mass is 32.2. The lowest BCUT2D eigenvalue weighted by molar-refractivity contribution is -0.127. The van der Waals surface area contributed by atoms with Gasteiger partial charge in [-0.15, -0.1) is 0 Å². The molecule has 0 aliphatic carbocycles. The summed E-state index contributed by atoms with van der Waals surface area (Å²) in [7, 11) is 0. The fourth-order valence-electron chi connectivity index (χ4n) is 5.93. The van der Waals surface area contributed by atoms with Crippen LogP contribution in [0.25, 0.3) is 0 Å². The Morgan fingerprint density at radius 2 is 1.84 bits per heavy atom. The van der Waals surface area contributed by atoms with Gasteiger partial charge >= 0.3 is 0 Å². The van der Waals surface area contributed by atoms with Crippen molar-refractivity contribution in [2.24, 2.45) is 26.7 Å². The largest absolute Gasteiger partial charge is 0.457 e. The van der Waals surface area contributed by atoms with Crippen molar-refractivity contribution in [2.75, 3.05) is 18.8 Å². The number of nitrogens with zero attached hydrogens (tertiary/aromatic N) is 5. The Bertz CT molecular complexity index is 1280. The van der Waals surface area contributed by atoms with Crippen LogP contribution >= 0.6 is 11.8 Å². The topological polar surface area (TPSA) is 95.9 Å². The van der Waals surface area contributed by atoms with Crippen LogP contribution in [0, 0.1) is 5.92 Å². The summed E-state index contributed by atoms with van der Waals surface area (Å²) in [6.07, 6.45) is 6.84. The van der Waals surface area contributed by atoms with Crippen LogP contribution < -0.4 is 10.5 Å². The first kappa shape index (κ1) is 24.7. The minimum absolute atomic E-state index is 0.0281. The predicted octanol–water partition coefficient (Wildman–Crippen LogP) is 4.28. The van der Waals surface area contributed by atoms with Crippen molar-refractivity contribution < 1.29 is 9.53 Å². The third-order valence-electron chi connectivity index (χ3n) is 7.96. The van der Waals surface area contributed by atoms with Gasteiger partial charge in [-0.1, -0.05) is 24.8 Å². The first-order valence-electron chi connectivity index (χ1n) is 13.2. The van der Waals surface area contributed by atoms with Crippen LogP contribution in [-0.2, 0) is 4.79 Å². The average Bonchev–Trinajstić information content (AvgIpc) is 3.35. The summed E-state index contributed by atoms with van der Waals surface area (Å²) in [5.41, 5.74) is 8.34. The van der Waals surface area contributed by atoms with E-state index in [0.717, 1.165) is 67.3 Å². The van der Waals surface area contributed by atoms with Crippen molar-refractivity contribution in [1.29, 1.82) is 0 Å². The number of thioether (sulfide) groups is 1. The van der Waals surface area contributed by atoms with E-state index in [1.54, 1.807) is 6.34 Å². The van der Waals surface area contributed by atoms with Crippen LogP contribution in [0.3, 0.4) is 0 Å². The number of amidine groups is 1. The number of fused-ring (bicyclic) bond motifs is 1. The lowest BCUT2D eigenvalue weighted by atomic mass is 9.86. The number of rotatable bonds is 5. The molecule has 0 aromatic heterocycles. The number of carbonyl (C=O) groups excluding carboxylic acids is 1. The molecule has 2 aromatic carbocycles. The Labute approximate surface area is 227 Å². The fraction of sp³-hybridized carbons (Fsp3) is 0.379. The zero-order valence-corrected chi connectivity index (χ0v) is 22.1. The van der Waals surface area contributed by atoms with Crippen LogP contribution in [0.4, 0.5) is 0 Å². The van der Waals surface area contributed by atoms with Gasteiger partial charge in [0.2, 0.25) is 5.91 Å². The molecule has 6 rings (SSSR count). The highest BCUT2D eigenvalue weighted by Gasteiger charge is 2.48. The van der Waals surface area contributed by atoms with Crippen LogP contribution in [-0.4, -0.2) is 69.5 Å². The van der Waals surface area contributed by atoms with Crippen LogP contribution in [0.2, 0.25) is 0 Å². The highest BCUT2D eigenvalue weighted by molar-refractivity contribution is 8.00. The quantitative estimate of drug-likeness (QED) is 0.585. The summed E-state index contributed by atoms with van der Waals surface area (Å²) in [5.74, 6) is 3.03. The number of ether oxygens (including phenoxy) is 1. The molecule has 1 spiro atoms. The Kier molecular flexibility index (Phi) is 6.69. The molecule has 1 amide bonds. The molecule has 0 bridgehead atoms. The fourth-order valence-corrected chi connectivity index (χ4v) is 7.53. The van der Waals surface area contributed by atoms with E-state index in [4.69, 9.17) is 20.6 Å². The highest BCUT2D eigenvalue weighted by Crippen LogP contribution is 2.47. The number of likely N-dealkylation sites (tertiary alicyclic amines) is 1. The lowest BCUT2D eigenvalue weighted by Gasteiger charge is -2.47. The van der Waals surface area contributed by atoms with E-state index >= 15 is 0 Å². The molecule has 2 N–H and O–H groups in total. The molecule has 38 heavy (non-hydrogen) atoms. The van der Waals surface area contributed by atoms with Gasteiger partial charge in [0.25, 0.3) is 0 Å². The smallest absolute Gasteiger partial charge is 0.245 e. The van der Waals surface area contributed by atoms with E-state index in [9.17, 15) is 4.79 Å². The van der Waals surface area contributed by atoms with Crippen LogP contribution in [0.1, 0.15) is 31.2 Å². The zero-order chi connectivity index (χ0) is 26.1. The van der Waals surface area contributed by atoms with Crippen LogP contribution in [0.5, 0.6) is 11.5 Å². The predicted molar refractivity (Wildman–Crippen MR) is 153 cm³/mol. The lowest BCUT2D eigenvalue weighted by Crippen LogP contribution is -2.52. The number of para-hydroxylation sites is 1. The number of benzene rings is 2. The van der Waals surface area contributed by atoms with E-state index in [1.165, 1.54) is 6.08 Å². The maximum Gasteiger partial charge on any atom is 0.245 e. The number of hydrogen-bond donors (Lipinski definition) is 1. The molecule has 9 heteroatoms. The Balaban J connectivity index is 1.22. The number of hydrogen-bond acceptors (Lipinski definition) is 8. The molecule has 2 saturated heterocycles. The minimum atomic E-state index is -0.185. The van der Waals surface area contributed by atoms with Gasteiger partial charge in [-0.05, 0) is 79.5 Å². The first-order chi connectivity index (χ1) is 18.5. The Morgan fingerprint density at radius 1 is 1.11 bits per heavy atom. The SMILES string of the molecule is C=CC(=O)N1CCC2(CC1)CC(N1N=C(c3ccc(Oc4ccccc4)cc3)C3C(N)=NC=NC31)CCS2. The van der Waals surface area contributed by atoms with Gasteiger partial charge in [-0.3, -0.25) is 9.80 Å². The average molecular weight is 529 g/mol. The van der Waals surface area contributed by atoms with Gasteiger partial charge in [-0.25, -0.2) is 9.98 Å². The van der Waals surface area contributed by atoms with Gasteiger partial charge in [-0.2, -0.15) is 16.9 Å². The summed E-state index contributed by atoms with van der Waals surface area (Å²) in [4.78, 5) is 23.1. The van der Waals surface area contributed by atoms with Crippen molar-refractivity contribution in [2.45, 2.75) is 42.6 Å². The molecule has 4 aliphatic heterocycles.